The van der Waals surface area contributed by atoms with Gasteiger partial charge in [-0.15, -0.1) is 5.11 Å². The molecule has 162 valence electrons. The van der Waals surface area contributed by atoms with Gasteiger partial charge >= 0.3 is 16.4 Å². The molecule has 0 atom stereocenters. The number of azo groups is 1. The van der Waals surface area contributed by atoms with Gasteiger partial charge in [0.25, 0.3) is 0 Å². The van der Waals surface area contributed by atoms with E-state index in [2.05, 4.69) is 14.4 Å². The Morgan fingerprint density at radius 2 is 1.67 bits per heavy atom. The normalized spacial score (nSPS) is 12.2. The van der Waals surface area contributed by atoms with Crippen LogP contribution in [0.4, 0.5) is 17.1 Å². The molecule has 2 aromatic rings. The summed E-state index contributed by atoms with van der Waals surface area (Å²) in [5.41, 5.74) is 0.875. The number of hydrogen-bond donors (Lipinski definition) is 2. The van der Waals surface area contributed by atoms with Crippen molar-refractivity contribution in [2.45, 2.75) is 4.90 Å². The predicted octanol–water partition coefficient (Wildman–Crippen LogP) is 2.46. The maximum Gasteiger partial charge on any atom is 0.397 e. The predicted molar refractivity (Wildman–Crippen MR) is 108 cm³/mol. The average molecular weight is 457 g/mol. The monoisotopic (exact) mass is 457 g/mol. The smallest absolute Gasteiger partial charge is 0.397 e. The van der Waals surface area contributed by atoms with Gasteiger partial charge in [-0.2, -0.15) is 13.5 Å². The van der Waals surface area contributed by atoms with Crippen molar-refractivity contribution in [2.24, 2.45) is 10.2 Å². The molecule has 2 rings (SSSR count). The van der Waals surface area contributed by atoms with Crippen molar-refractivity contribution in [1.29, 1.82) is 0 Å². The lowest BCUT2D eigenvalue weighted by atomic mass is 10.2. The van der Waals surface area contributed by atoms with E-state index < -0.39 is 38.6 Å². The number of carbonyl (C=O) groups is 1. The van der Waals surface area contributed by atoms with Crippen LogP contribution >= 0.6 is 0 Å². The van der Waals surface area contributed by atoms with Gasteiger partial charge in [-0.1, -0.05) is 0 Å². The van der Waals surface area contributed by atoms with E-state index in [1.54, 1.807) is 24.3 Å². The molecular formula is C17H19N3O8S2. The zero-order valence-electron chi connectivity index (χ0n) is 16.0. The summed E-state index contributed by atoms with van der Waals surface area (Å²) in [5, 5.41) is 17.1. The van der Waals surface area contributed by atoms with Gasteiger partial charge < -0.3 is 10.0 Å². The lowest BCUT2D eigenvalue weighted by Gasteiger charge is -2.11. The molecule has 0 unspecified atom stereocenters. The molecule has 2 aromatic carbocycles. The van der Waals surface area contributed by atoms with Crippen LogP contribution in [-0.2, 0) is 24.4 Å². The standard InChI is InChI=1S/C17H19N3O8S2/c1-20(2)13-5-3-12(4-6-13)18-19-16-11-14(7-8-15(16)17(21)22)29(23,24)10-9-28-30(25,26)27/h3-8,11H,9-10H2,1-2H3,(H,21,22)(H,25,26,27)/b19-18+. The largest absolute Gasteiger partial charge is 0.478 e. The topological polar surface area (TPSA) is 163 Å². The van der Waals surface area contributed by atoms with Crippen LogP contribution in [0, 0.1) is 0 Å². The second-order valence-electron chi connectivity index (χ2n) is 6.16. The molecule has 13 heteroatoms. The van der Waals surface area contributed by atoms with Gasteiger partial charge in [0.2, 0.25) is 0 Å². The first-order valence-electron chi connectivity index (χ1n) is 8.30. The Labute approximate surface area is 173 Å². The van der Waals surface area contributed by atoms with Crippen molar-refractivity contribution in [3.05, 3.63) is 48.0 Å². The maximum atomic E-state index is 12.3. The van der Waals surface area contributed by atoms with Crippen molar-refractivity contribution in [1.82, 2.24) is 0 Å². The molecule has 0 heterocycles. The summed E-state index contributed by atoms with van der Waals surface area (Å²) in [6, 6.07) is 10.0. The van der Waals surface area contributed by atoms with E-state index in [-0.39, 0.29) is 16.1 Å². The SMILES string of the molecule is CN(C)c1ccc(/N=N/c2cc(S(=O)(=O)CCOS(=O)(=O)O)ccc2C(=O)O)cc1. The Kier molecular flexibility index (Phi) is 7.25. The summed E-state index contributed by atoms with van der Waals surface area (Å²) in [6.45, 7) is -0.809. The average Bonchev–Trinajstić information content (AvgIpc) is 2.65. The van der Waals surface area contributed by atoms with Gasteiger partial charge in [0, 0.05) is 19.8 Å². The lowest BCUT2D eigenvalue weighted by Crippen LogP contribution is -2.15. The van der Waals surface area contributed by atoms with Crippen molar-refractivity contribution in [3.63, 3.8) is 0 Å². The summed E-state index contributed by atoms with van der Waals surface area (Å²) >= 11 is 0. The van der Waals surface area contributed by atoms with Crippen molar-refractivity contribution in [3.8, 4) is 0 Å². The van der Waals surface area contributed by atoms with Crippen molar-refractivity contribution in [2.75, 3.05) is 31.4 Å². The molecule has 0 aliphatic heterocycles. The van der Waals surface area contributed by atoms with E-state index >= 15 is 0 Å². The molecule has 0 radical (unpaired) electrons. The number of rotatable bonds is 9. The minimum absolute atomic E-state index is 0.198. The molecular weight excluding hydrogens is 438 g/mol. The Bertz CT molecular complexity index is 1160. The highest BCUT2D eigenvalue weighted by Gasteiger charge is 2.20. The van der Waals surface area contributed by atoms with E-state index in [4.69, 9.17) is 4.55 Å². The molecule has 0 fully saturated rings. The second kappa shape index (κ2) is 9.30. The van der Waals surface area contributed by atoms with Gasteiger partial charge in [0.1, 0.15) is 5.69 Å². The van der Waals surface area contributed by atoms with Crippen molar-refractivity contribution < 1.29 is 35.5 Å². The zero-order chi connectivity index (χ0) is 22.5. The fraction of sp³-hybridized carbons (Fsp3) is 0.235. The first-order chi connectivity index (χ1) is 13.9. The Morgan fingerprint density at radius 1 is 1.03 bits per heavy atom. The summed E-state index contributed by atoms with van der Waals surface area (Å²) in [6.07, 6.45) is 0. The molecule has 2 N–H and O–H groups in total. The maximum absolute atomic E-state index is 12.3. The van der Waals surface area contributed by atoms with Crippen LogP contribution in [-0.4, -0.2) is 58.9 Å². The van der Waals surface area contributed by atoms with Crippen LogP contribution in [0.2, 0.25) is 0 Å². The molecule has 0 spiro atoms. The molecule has 0 saturated carbocycles. The van der Waals surface area contributed by atoms with Crippen LogP contribution < -0.4 is 4.90 Å². The van der Waals surface area contributed by atoms with Crippen LogP contribution in [0.1, 0.15) is 10.4 Å². The van der Waals surface area contributed by atoms with Gasteiger partial charge in [-0.25, -0.2) is 17.4 Å². The fourth-order valence-corrected chi connectivity index (χ4v) is 3.77. The van der Waals surface area contributed by atoms with E-state index in [0.29, 0.717) is 5.69 Å². The number of anilines is 1. The third-order valence-corrected chi connectivity index (χ3v) is 5.92. The second-order valence-corrected chi connectivity index (χ2v) is 9.36. The summed E-state index contributed by atoms with van der Waals surface area (Å²) in [7, 11) is -5.10. The Balaban J connectivity index is 2.32. The fourth-order valence-electron chi connectivity index (χ4n) is 2.26. The molecule has 0 saturated heterocycles. The minimum Gasteiger partial charge on any atom is -0.478 e. The molecule has 0 bridgehead atoms. The van der Waals surface area contributed by atoms with Crippen molar-refractivity contribution >= 4 is 43.3 Å². The Morgan fingerprint density at radius 3 is 2.20 bits per heavy atom. The Hall–Kier alpha value is -2.87. The van der Waals surface area contributed by atoms with E-state index in [9.17, 15) is 26.7 Å². The molecule has 0 aliphatic rings. The van der Waals surface area contributed by atoms with Crippen LogP contribution in [0.25, 0.3) is 0 Å². The summed E-state index contributed by atoms with van der Waals surface area (Å²) in [4.78, 5) is 13.0. The number of benzene rings is 2. The highest BCUT2D eigenvalue weighted by atomic mass is 32.3. The van der Waals surface area contributed by atoms with Gasteiger partial charge in [0.15, 0.2) is 9.84 Å². The van der Waals surface area contributed by atoms with E-state index in [1.807, 2.05) is 19.0 Å². The lowest BCUT2D eigenvalue weighted by molar-refractivity contribution is 0.0697. The number of hydrogen-bond acceptors (Lipinski definition) is 9. The van der Waals surface area contributed by atoms with Gasteiger partial charge in [0.05, 0.1) is 28.5 Å². The zero-order valence-corrected chi connectivity index (χ0v) is 17.6. The molecule has 0 aromatic heterocycles. The molecule has 0 amide bonds. The van der Waals surface area contributed by atoms with Gasteiger partial charge in [-0.3, -0.25) is 4.55 Å². The number of sulfone groups is 1. The number of carboxylic acids is 1. The first kappa shape index (κ1) is 23.4. The number of carboxylic acid groups (broad SMARTS) is 1. The highest BCUT2D eigenvalue weighted by Crippen LogP contribution is 2.27. The first-order valence-corrected chi connectivity index (χ1v) is 11.3. The molecule has 30 heavy (non-hydrogen) atoms. The third-order valence-electron chi connectivity index (χ3n) is 3.78. The summed E-state index contributed by atoms with van der Waals surface area (Å²) < 4.78 is 58.3. The highest BCUT2D eigenvalue weighted by molar-refractivity contribution is 7.91. The van der Waals surface area contributed by atoms with E-state index in [1.165, 1.54) is 0 Å². The minimum atomic E-state index is -4.78. The van der Waals surface area contributed by atoms with Crippen LogP contribution in [0.5, 0.6) is 0 Å². The van der Waals surface area contributed by atoms with Gasteiger partial charge in [-0.05, 0) is 42.5 Å². The summed E-state index contributed by atoms with van der Waals surface area (Å²) in [5.74, 6) is -2.09. The quantitative estimate of drug-likeness (QED) is 0.425. The number of aromatic carboxylic acids is 1. The molecule has 0 aliphatic carbocycles. The van der Waals surface area contributed by atoms with Crippen LogP contribution in [0.15, 0.2) is 57.6 Å². The molecule has 11 nitrogen and oxygen atoms in total. The van der Waals surface area contributed by atoms with E-state index in [0.717, 1.165) is 23.9 Å². The van der Waals surface area contributed by atoms with Crippen LogP contribution in [0.3, 0.4) is 0 Å². The number of nitrogens with zero attached hydrogens (tertiary/aromatic N) is 3. The third kappa shape index (κ3) is 6.59.